The monoisotopic (exact) mass is 1450 g/mol. The standard InChI is InChI=1S/C107H112N4/c1-17-19-21-25-59-107(60-26-22-20-18-2)95-69-87(108(81-49-41-73(42-50-81)75-33-27-31-71(3)61-75)83-35-29-37-85(67-83)110-97-55-45-77(103(5,6)7)63-91(97)92-64-78(104(8,9)10)46-56-98(92)110)53-54-90(95)102-89-40-24-23-39-88(89)101(70-96(102)107)109(82-51-43-74(44-52-82)76-34-28-32-72(4)62-76)84-36-30-38-86(68-84)111-99-57-47-79(105(11,12)13)65-93(99)94-66-80(106(14,15)16)48-58-100(94)111/h23-24,27-58,61-70H,17-22,25-26,59-60H2,1-16H3. The van der Waals surface area contributed by atoms with Gasteiger partial charge in [0.25, 0.3) is 0 Å². The summed E-state index contributed by atoms with van der Waals surface area (Å²) in [5.41, 5.74) is 31.9. The third-order valence-corrected chi connectivity index (χ3v) is 24.4. The fraction of sp³-hybridized carbons (Fsp3) is 0.290. The van der Waals surface area contributed by atoms with Crippen LogP contribution in [-0.4, -0.2) is 9.13 Å². The summed E-state index contributed by atoms with van der Waals surface area (Å²) in [7, 11) is 0. The van der Waals surface area contributed by atoms with Gasteiger partial charge in [-0.1, -0.05) is 299 Å². The van der Waals surface area contributed by atoms with Gasteiger partial charge in [-0.25, -0.2) is 0 Å². The molecule has 0 amide bonds. The Morgan fingerprint density at radius 3 is 1.09 bits per heavy atom. The van der Waals surface area contributed by atoms with Crippen molar-refractivity contribution in [2.45, 2.75) is 202 Å². The van der Waals surface area contributed by atoms with Crippen molar-refractivity contribution in [3.63, 3.8) is 0 Å². The van der Waals surface area contributed by atoms with Gasteiger partial charge >= 0.3 is 0 Å². The van der Waals surface area contributed by atoms with Gasteiger partial charge < -0.3 is 18.9 Å². The molecule has 0 N–H and O–H groups in total. The SMILES string of the molecule is CCCCCCC1(CCCCCC)c2cc(N(c3ccc(-c4cccc(C)c4)cc3)c3cccc(-n4c5ccc(C(C)(C)C)cc5c5cc(C(C)(C)C)ccc54)c3)ccc2-c2c1cc(N(c1ccc(-c3cccc(C)c3)cc1)c1cccc(-n3c4ccc(C(C)(C)C)cc4c4cc(C(C)(C)C)ccc43)c1)c1ccccc21. The molecule has 4 nitrogen and oxygen atoms in total. The van der Waals surface area contributed by atoms with Crippen molar-refractivity contribution in [1.82, 2.24) is 9.13 Å². The molecule has 4 heteroatoms. The van der Waals surface area contributed by atoms with Crippen molar-refractivity contribution in [3.8, 4) is 44.8 Å². The van der Waals surface area contributed by atoms with Crippen molar-refractivity contribution >= 4 is 88.5 Å². The maximum atomic E-state index is 2.70. The van der Waals surface area contributed by atoms with E-state index in [-0.39, 0.29) is 27.1 Å². The van der Waals surface area contributed by atoms with Crippen LogP contribution in [0.15, 0.2) is 267 Å². The van der Waals surface area contributed by atoms with Crippen molar-refractivity contribution in [1.29, 1.82) is 0 Å². The molecule has 0 saturated heterocycles. The van der Waals surface area contributed by atoms with E-state index in [2.05, 4.69) is 397 Å². The smallest absolute Gasteiger partial charge is 0.0543 e. The largest absolute Gasteiger partial charge is 0.310 e. The number of hydrogen-bond acceptors (Lipinski definition) is 2. The van der Waals surface area contributed by atoms with Crippen molar-refractivity contribution in [2.75, 3.05) is 9.80 Å². The van der Waals surface area contributed by atoms with Crippen molar-refractivity contribution in [2.24, 2.45) is 0 Å². The minimum Gasteiger partial charge on any atom is -0.310 e. The van der Waals surface area contributed by atoms with Crippen LogP contribution in [0.1, 0.15) is 206 Å². The fourth-order valence-corrected chi connectivity index (χ4v) is 18.2. The molecule has 0 fully saturated rings. The van der Waals surface area contributed by atoms with Crippen LogP contribution in [0.2, 0.25) is 0 Å². The van der Waals surface area contributed by atoms with E-state index in [1.165, 1.54) is 176 Å². The van der Waals surface area contributed by atoms with Gasteiger partial charge in [0.1, 0.15) is 0 Å². The first kappa shape index (κ1) is 74.4. The second-order valence-corrected chi connectivity index (χ2v) is 36.4. The molecular weight excluding hydrogens is 1340 g/mol. The summed E-state index contributed by atoms with van der Waals surface area (Å²) in [5.74, 6) is 0. The second-order valence-electron chi connectivity index (χ2n) is 36.4. The number of anilines is 6. The predicted octanol–water partition coefficient (Wildman–Crippen LogP) is 31.3. The first-order valence-corrected chi connectivity index (χ1v) is 41.3. The number of rotatable bonds is 20. The van der Waals surface area contributed by atoms with Gasteiger partial charge in [0, 0.05) is 72.2 Å². The molecule has 0 atom stereocenters. The molecule has 0 unspecified atom stereocenters. The molecule has 16 rings (SSSR count). The Morgan fingerprint density at radius 2 is 0.676 bits per heavy atom. The van der Waals surface area contributed by atoms with Crippen LogP contribution >= 0.6 is 0 Å². The molecule has 2 heterocycles. The molecule has 0 radical (unpaired) electrons. The minimum atomic E-state index is -0.326. The Hall–Kier alpha value is -10.7. The van der Waals surface area contributed by atoms with Crippen LogP contribution in [-0.2, 0) is 27.1 Å². The topological polar surface area (TPSA) is 16.3 Å². The lowest BCUT2D eigenvalue weighted by atomic mass is 9.70. The van der Waals surface area contributed by atoms with E-state index in [4.69, 9.17) is 0 Å². The van der Waals surface area contributed by atoms with E-state index in [1.54, 1.807) is 0 Å². The van der Waals surface area contributed by atoms with Crippen LogP contribution in [0.3, 0.4) is 0 Å². The summed E-state index contributed by atoms with van der Waals surface area (Å²) in [6.45, 7) is 37.1. The number of aryl methyl sites for hydroxylation is 2. The van der Waals surface area contributed by atoms with Crippen LogP contribution in [0.5, 0.6) is 0 Å². The predicted molar refractivity (Wildman–Crippen MR) is 481 cm³/mol. The van der Waals surface area contributed by atoms with E-state index in [0.29, 0.717) is 0 Å². The second kappa shape index (κ2) is 29.2. The average Bonchev–Trinajstić information content (AvgIpc) is 1.56. The van der Waals surface area contributed by atoms with E-state index in [1.807, 2.05) is 0 Å². The number of benzene rings is 13. The van der Waals surface area contributed by atoms with Crippen LogP contribution in [0.25, 0.3) is 99.1 Å². The number of fused-ring (bicyclic) bond motifs is 11. The summed E-state index contributed by atoms with van der Waals surface area (Å²) in [6.07, 6.45) is 11.5. The molecule has 0 bridgehead atoms. The average molecular weight is 1450 g/mol. The Bertz CT molecular complexity index is 5850. The molecule has 0 spiro atoms. The first-order valence-electron chi connectivity index (χ1n) is 41.3. The Morgan fingerprint density at radius 1 is 0.288 bits per heavy atom. The van der Waals surface area contributed by atoms with Crippen LogP contribution < -0.4 is 9.80 Å². The maximum Gasteiger partial charge on any atom is 0.0543 e. The molecule has 1 aliphatic rings. The number of unbranched alkanes of at least 4 members (excludes halogenated alkanes) is 6. The minimum absolute atomic E-state index is 0.0116. The Kier molecular flexibility index (Phi) is 19.6. The summed E-state index contributed by atoms with van der Waals surface area (Å²) >= 11 is 0. The molecule has 15 aromatic rings. The van der Waals surface area contributed by atoms with Crippen LogP contribution in [0.4, 0.5) is 34.1 Å². The lowest BCUT2D eigenvalue weighted by Crippen LogP contribution is -2.26. The van der Waals surface area contributed by atoms with Crippen molar-refractivity contribution < 1.29 is 0 Å². The van der Waals surface area contributed by atoms with E-state index >= 15 is 0 Å². The van der Waals surface area contributed by atoms with E-state index in [9.17, 15) is 0 Å². The quantitative estimate of drug-likeness (QED) is 0.0707. The highest BCUT2D eigenvalue weighted by atomic mass is 15.2. The first-order chi connectivity index (χ1) is 53.3. The fourth-order valence-electron chi connectivity index (χ4n) is 18.2. The Labute approximate surface area is 661 Å². The number of nitrogens with zero attached hydrogens (tertiary/aromatic N) is 4. The third kappa shape index (κ3) is 14.0. The highest BCUT2D eigenvalue weighted by Gasteiger charge is 2.45. The summed E-state index contributed by atoms with van der Waals surface area (Å²) in [4.78, 5) is 5.18. The normalized spacial score (nSPS) is 13.1. The molecule has 0 aliphatic heterocycles. The van der Waals surface area contributed by atoms with E-state index in [0.717, 1.165) is 65.5 Å². The summed E-state index contributed by atoms with van der Waals surface area (Å²) in [6, 6.07) is 104. The molecule has 13 aromatic carbocycles. The van der Waals surface area contributed by atoms with Crippen LogP contribution in [0, 0.1) is 13.8 Å². The molecule has 111 heavy (non-hydrogen) atoms. The summed E-state index contributed by atoms with van der Waals surface area (Å²) < 4.78 is 5.06. The zero-order valence-corrected chi connectivity index (χ0v) is 68.8. The van der Waals surface area contributed by atoms with Gasteiger partial charge in [-0.05, 0) is 248 Å². The lowest BCUT2D eigenvalue weighted by molar-refractivity contribution is 0.401. The zero-order chi connectivity index (χ0) is 77.5. The Balaban J connectivity index is 0.921. The van der Waals surface area contributed by atoms with Gasteiger partial charge in [-0.2, -0.15) is 0 Å². The molecule has 1 aliphatic carbocycles. The molecule has 560 valence electrons. The third-order valence-electron chi connectivity index (χ3n) is 24.4. The zero-order valence-electron chi connectivity index (χ0n) is 68.8. The van der Waals surface area contributed by atoms with E-state index < -0.39 is 0 Å². The van der Waals surface area contributed by atoms with Gasteiger partial charge in [0.15, 0.2) is 0 Å². The molecule has 0 saturated carbocycles. The maximum absolute atomic E-state index is 2.70. The number of aromatic nitrogens is 2. The summed E-state index contributed by atoms with van der Waals surface area (Å²) in [5, 5.41) is 7.68. The van der Waals surface area contributed by atoms with Gasteiger partial charge in [-0.3, -0.25) is 0 Å². The van der Waals surface area contributed by atoms with Gasteiger partial charge in [0.05, 0.1) is 27.8 Å². The molecular formula is C107H112N4. The highest BCUT2D eigenvalue weighted by Crippen LogP contribution is 2.60. The molecule has 2 aromatic heterocycles. The number of hydrogen-bond donors (Lipinski definition) is 0. The van der Waals surface area contributed by atoms with Crippen molar-refractivity contribution in [3.05, 3.63) is 311 Å². The highest BCUT2D eigenvalue weighted by molar-refractivity contribution is 6.13. The lowest BCUT2D eigenvalue weighted by Gasteiger charge is -2.35. The van der Waals surface area contributed by atoms with Gasteiger partial charge in [-0.15, -0.1) is 0 Å². The van der Waals surface area contributed by atoms with Gasteiger partial charge in [0.2, 0.25) is 0 Å².